The Kier molecular flexibility index (Phi) is 6.63. The molecule has 0 atom stereocenters. The third kappa shape index (κ3) is 5.23. The van der Waals surface area contributed by atoms with Gasteiger partial charge in [0.05, 0.1) is 7.11 Å². The van der Waals surface area contributed by atoms with Crippen LogP contribution in [0.3, 0.4) is 0 Å². The maximum atomic E-state index is 13.1. The van der Waals surface area contributed by atoms with E-state index < -0.39 is 5.97 Å². The van der Waals surface area contributed by atoms with Gasteiger partial charge in [0, 0.05) is 17.7 Å². The molecule has 0 saturated heterocycles. The van der Waals surface area contributed by atoms with Gasteiger partial charge in [0.25, 0.3) is 5.91 Å². The maximum Gasteiger partial charge on any atom is 0.323 e. The molecule has 1 N–H and O–H groups in total. The number of carbonyl (C=O) groups excluding carboxylic acids is 1. The van der Waals surface area contributed by atoms with E-state index >= 15 is 0 Å². The van der Waals surface area contributed by atoms with Gasteiger partial charge in [0.1, 0.15) is 12.3 Å². The first-order valence-corrected chi connectivity index (χ1v) is 9.37. The zero-order chi connectivity index (χ0) is 20.6. The highest BCUT2D eigenvalue weighted by Gasteiger charge is 2.19. The topological polar surface area (TPSA) is 66.8 Å². The predicted octanol–water partition coefficient (Wildman–Crippen LogP) is 4.13. The van der Waals surface area contributed by atoms with Crippen LogP contribution in [0.25, 0.3) is 11.1 Å². The molecule has 0 spiro atoms. The monoisotopic (exact) mass is 389 g/mol. The lowest BCUT2D eigenvalue weighted by Gasteiger charge is -2.21. The Morgan fingerprint density at radius 3 is 2.38 bits per heavy atom. The number of hydrogen-bond acceptors (Lipinski definition) is 3. The normalized spacial score (nSPS) is 10.4. The second kappa shape index (κ2) is 9.55. The number of nitrogens with zero attached hydrogens (tertiary/aromatic N) is 1. The number of para-hydroxylation sites is 1. The molecule has 5 nitrogen and oxygen atoms in total. The highest BCUT2D eigenvalue weighted by molar-refractivity contribution is 5.97. The number of hydrogen-bond donors (Lipinski definition) is 1. The van der Waals surface area contributed by atoms with Crippen LogP contribution < -0.4 is 4.74 Å². The van der Waals surface area contributed by atoms with Gasteiger partial charge >= 0.3 is 5.97 Å². The van der Waals surface area contributed by atoms with Crippen molar-refractivity contribution < 1.29 is 19.4 Å². The fraction of sp³-hybridized carbons (Fsp3) is 0.167. The second-order valence-corrected chi connectivity index (χ2v) is 6.64. The molecule has 3 aromatic carbocycles. The van der Waals surface area contributed by atoms with E-state index in [2.05, 4.69) is 0 Å². The van der Waals surface area contributed by atoms with Gasteiger partial charge in [0.2, 0.25) is 0 Å². The fourth-order valence-corrected chi connectivity index (χ4v) is 3.21. The zero-order valence-corrected chi connectivity index (χ0v) is 16.2. The molecule has 3 rings (SSSR count). The van der Waals surface area contributed by atoms with E-state index in [1.807, 2.05) is 60.7 Å². The highest BCUT2D eigenvalue weighted by atomic mass is 16.5. The van der Waals surface area contributed by atoms with Crippen molar-refractivity contribution >= 4 is 11.9 Å². The lowest BCUT2D eigenvalue weighted by atomic mass is 10.0. The van der Waals surface area contributed by atoms with E-state index in [0.29, 0.717) is 24.3 Å². The Balaban J connectivity index is 1.84. The van der Waals surface area contributed by atoms with E-state index in [9.17, 15) is 14.7 Å². The Hall–Kier alpha value is -3.60. The van der Waals surface area contributed by atoms with Crippen LogP contribution >= 0.6 is 0 Å². The van der Waals surface area contributed by atoms with Gasteiger partial charge in [-0.1, -0.05) is 60.7 Å². The van der Waals surface area contributed by atoms with Crippen LogP contribution in [0.15, 0.2) is 78.9 Å². The maximum absolute atomic E-state index is 13.1. The lowest BCUT2D eigenvalue weighted by molar-refractivity contribution is -0.137. The summed E-state index contributed by atoms with van der Waals surface area (Å²) in [7, 11) is 1.60. The number of aliphatic carboxylic acids is 1. The molecule has 0 heterocycles. The van der Waals surface area contributed by atoms with Gasteiger partial charge in [-0.2, -0.15) is 0 Å². The smallest absolute Gasteiger partial charge is 0.323 e. The minimum absolute atomic E-state index is 0.305. The summed E-state index contributed by atoms with van der Waals surface area (Å²) in [5, 5.41) is 9.27. The van der Waals surface area contributed by atoms with E-state index in [-0.39, 0.29) is 12.5 Å². The molecule has 148 valence electrons. The van der Waals surface area contributed by atoms with E-state index in [0.717, 1.165) is 16.7 Å². The predicted molar refractivity (Wildman–Crippen MR) is 112 cm³/mol. The van der Waals surface area contributed by atoms with E-state index in [1.165, 1.54) is 4.90 Å². The Morgan fingerprint density at radius 2 is 1.66 bits per heavy atom. The molecule has 0 fully saturated rings. The molecule has 0 unspecified atom stereocenters. The van der Waals surface area contributed by atoms with Gasteiger partial charge in [-0.05, 0) is 35.7 Å². The molecule has 3 aromatic rings. The summed E-state index contributed by atoms with van der Waals surface area (Å²) in [6.07, 6.45) is 0.589. The third-order valence-electron chi connectivity index (χ3n) is 4.65. The number of rotatable bonds is 8. The zero-order valence-electron chi connectivity index (χ0n) is 16.2. The molecule has 0 saturated carbocycles. The number of amides is 1. The van der Waals surface area contributed by atoms with Crippen LogP contribution in [0.1, 0.15) is 15.9 Å². The Bertz CT molecular complexity index is 985. The van der Waals surface area contributed by atoms with Crippen molar-refractivity contribution in [3.8, 4) is 16.9 Å². The van der Waals surface area contributed by atoms with Crippen molar-refractivity contribution in [2.75, 3.05) is 20.2 Å². The number of carboxylic acid groups (broad SMARTS) is 1. The Labute approximate surface area is 170 Å². The summed E-state index contributed by atoms with van der Waals surface area (Å²) in [6, 6.07) is 24.5. The third-order valence-corrected chi connectivity index (χ3v) is 4.65. The second-order valence-electron chi connectivity index (χ2n) is 6.64. The van der Waals surface area contributed by atoms with Crippen molar-refractivity contribution in [2.24, 2.45) is 0 Å². The number of ether oxygens (including phenoxy) is 1. The van der Waals surface area contributed by atoms with Crippen molar-refractivity contribution in [1.29, 1.82) is 0 Å². The molecule has 0 aromatic heterocycles. The highest BCUT2D eigenvalue weighted by Crippen LogP contribution is 2.30. The standard InChI is InChI=1S/C24H23NO4/c1-29-22-13-6-5-12-21(22)19-10-7-11-20(16-19)24(28)25(17-23(26)27)15-14-18-8-3-2-4-9-18/h2-13,16H,14-15,17H2,1H3,(H,26,27). The molecule has 0 aliphatic heterocycles. The number of methoxy groups -OCH3 is 1. The first-order valence-electron chi connectivity index (χ1n) is 9.37. The molecular weight excluding hydrogens is 366 g/mol. The first-order chi connectivity index (χ1) is 14.1. The SMILES string of the molecule is COc1ccccc1-c1cccc(C(=O)N(CCc2ccccc2)CC(=O)O)c1. The summed E-state index contributed by atoms with van der Waals surface area (Å²) in [6.45, 7) is -0.0153. The van der Waals surface area contributed by atoms with Gasteiger partial charge in [-0.25, -0.2) is 0 Å². The summed E-state index contributed by atoms with van der Waals surface area (Å²) in [5.41, 5.74) is 3.21. The molecular formula is C24H23NO4. The number of carbonyl (C=O) groups is 2. The van der Waals surface area contributed by atoms with Crippen molar-refractivity contribution in [1.82, 2.24) is 4.90 Å². The Morgan fingerprint density at radius 1 is 0.931 bits per heavy atom. The summed E-state index contributed by atoms with van der Waals surface area (Å²) in [4.78, 5) is 25.8. The number of carboxylic acids is 1. The van der Waals surface area contributed by atoms with Gasteiger partial charge in [-0.15, -0.1) is 0 Å². The minimum atomic E-state index is -1.03. The lowest BCUT2D eigenvalue weighted by Crippen LogP contribution is -2.37. The van der Waals surface area contributed by atoms with Gasteiger partial charge in [0.15, 0.2) is 0 Å². The van der Waals surface area contributed by atoms with Crippen LogP contribution in [-0.4, -0.2) is 42.1 Å². The summed E-state index contributed by atoms with van der Waals surface area (Å²) >= 11 is 0. The molecule has 1 amide bonds. The van der Waals surface area contributed by atoms with Gasteiger partial charge < -0.3 is 14.7 Å². The average molecular weight is 389 g/mol. The van der Waals surface area contributed by atoms with Crippen LogP contribution in [0.4, 0.5) is 0 Å². The fourth-order valence-electron chi connectivity index (χ4n) is 3.21. The largest absolute Gasteiger partial charge is 0.496 e. The minimum Gasteiger partial charge on any atom is -0.496 e. The van der Waals surface area contributed by atoms with Gasteiger partial charge in [-0.3, -0.25) is 9.59 Å². The molecule has 0 aliphatic carbocycles. The van der Waals surface area contributed by atoms with Crippen LogP contribution in [0.5, 0.6) is 5.75 Å². The quantitative estimate of drug-likeness (QED) is 0.629. The van der Waals surface area contributed by atoms with Crippen LogP contribution in [0.2, 0.25) is 0 Å². The molecule has 29 heavy (non-hydrogen) atoms. The molecule has 5 heteroatoms. The van der Waals surface area contributed by atoms with Crippen LogP contribution in [-0.2, 0) is 11.2 Å². The van der Waals surface area contributed by atoms with Crippen molar-refractivity contribution in [3.63, 3.8) is 0 Å². The first kappa shape index (κ1) is 20.1. The van der Waals surface area contributed by atoms with Crippen molar-refractivity contribution in [2.45, 2.75) is 6.42 Å². The summed E-state index contributed by atoms with van der Waals surface area (Å²) < 4.78 is 5.41. The van der Waals surface area contributed by atoms with E-state index in [4.69, 9.17) is 4.74 Å². The summed E-state index contributed by atoms with van der Waals surface area (Å²) in [5.74, 6) is -0.629. The van der Waals surface area contributed by atoms with Crippen molar-refractivity contribution in [3.05, 3.63) is 90.0 Å². The average Bonchev–Trinajstić information content (AvgIpc) is 2.76. The molecule has 0 radical (unpaired) electrons. The molecule has 0 bridgehead atoms. The number of benzene rings is 3. The molecule has 0 aliphatic rings. The van der Waals surface area contributed by atoms with Crippen LogP contribution in [0, 0.1) is 0 Å². The van der Waals surface area contributed by atoms with E-state index in [1.54, 1.807) is 25.3 Å².